The van der Waals surface area contributed by atoms with E-state index in [9.17, 15) is 8.42 Å². The molecule has 1 heterocycles. The second-order valence-electron chi connectivity index (χ2n) is 2.18. The van der Waals surface area contributed by atoms with Crippen molar-refractivity contribution in [3.8, 4) is 0 Å². The smallest absolute Gasteiger partial charge is 0.209 e. The number of aromatic amines is 1. The standard InChI is InChI=1S/C5H9N3O2S/c6-11(9,10)2-1-5-3-7-4-8-5/h3-4H,1-2H2,(H,7,8)(H2,6,9,10). The summed E-state index contributed by atoms with van der Waals surface area (Å²) in [4.78, 5) is 6.56. The van der Waals surface area contributed by atoms with Gasteiger partial charge in [-0.05, 0) is 0 Å². The lowest BCUT2D eigenvalue weighted by Gasteiger charge is -1.93. The molecule has 5 nitrogen and oxygen atoms in total. The third-order valence-electron chi connectivity index (χ3n) is 1.20. The molecule has 62 valence electrons. The topological polar surface area (TPSA) is 88.8 Å². The zero-order valence-corrected chi connectivity index (χ0v) is 6.63. The van der Waals surface area contributed by atoms with Crippen molar-refractivity contribution in [2.24, 2.45) is 5.14 Å². The van der Waals surface area contributed by atoms with Crippen LogP contribution in [0.3, 0.4) is 0 Å². The molecular weight excluding hydrogens is 166 g/mol. The maximum atomic E-state index is 10.5. The molecule has 0 unspecified atom stereocenters. The van der Waals surface area contributed by atoms with Crippen molar-refractivity contribution in [2.45, 2.75) is 6.42 Å². The van der Waals surface area contributed by atoms with E-state index in [1.807, 2.05) is 0 Å². The first-order valence-electron chi connectivity index (χ1n) is 3.06. The molecule has 0 aliphatic heterocycles. The van der Waals surface area contributed by atoms with Gasteiger partial charge in [0, 0.05) is 12.6 Å². The molecule has 0 radical (unpaired) electrons. The van der Waals surface area contributed by atoms with Gasteiger partial charge in [-0.2, -0.15) is 0 Å². The average Bonchev–Trinajstić information content (AvgIpc) is 2.32. The Balaban J connectivity index is 2.48. The first-order valence-corrected chi connectivity index (χ1v) is 4.77. The van der Waals surface area contributed by atoms with Crippen molar-refractivity contribution in [1.29, 1.82) is 0 Å². The van der Waals surface area contributed by atoms with Gasteiger partial charge in [0.25, 0.3) is 0 Å². The molecule has 0 aromatic carbocycles. The van der Waals surface area contributed by atoms with E-state index in [2.05, 4.69) is 9.97 Å². The van der Waals surface area contributed by atoms with Crippen LogP contribution in [0.4, 0.5) is 0 Å². The van der Waals surface area contributed by atoms with Crippen molar-refractivity contribution in [2.75, 3.05) is 5.75 Å². The molecule has 0 saturated heterocycles. The van der Waals surface area contributed by atoms with Crippen LogP contribution in [-0.2, 0) is 16.4 Å². The van der Waals surface area contributed by atoms with Crippen molar-refractivity contribution < 1.29 is 8.42 Å². The predicted molar refractivity (Wildman–Crippen MR) is 40.3 cm³/mol. The third-order valence-corrected chi connectivity index (χ3v) is 1.97. The number of hydrogen-bond donors (Lipinski definition) is 2. The van der Waals surface area contributed by atoms with Crippen LogP contribution in [0.15, 0.2) is 12.5 Å². The molecule has 0 aliphatic rings. The number of nitrogens with zero attached hydrogens (tertiary/aromatic N) is 1. The Bertz CT molecular complexity index is 302. The zero-order chi connectivity index (χ0) is 8.32. The first kappa shape index (κ1) is 8.22. The second kappa shape index (κ2) is 3.02. The third kappa shape index (κ3) is 3.15. The van der Waals surface area contributed by atoms with Crippen LogP contribution in [0.25, 0.3) is 0 Å². The highest BCUT2D eigenvalue weighted by molar-refractivity contribution is 7.89. The molecule has 0 amide bonds. The fraction of sp³-hybridized carbons (Fsp3) is 0.400. The number of rotatable bonds is 3. The Morgan fingerprint density at radius 2 is 2.36 bits per heavy atom. The monoisotopic (exact) mass is 175 g/mol. The summed E-state index contributed by atoms with van der Waals surface area (Å²) < 4.78 is 20.9. The summed E-state index contributed by atoms with van der Waals surface area (Å²) in [5.74, 6) is -0.0577. The van der Waals surface area contributed by atoms with E-state index < -0.39 is 10.0 Å². The average molecular weight is 175 g/mol. The van der Waals surface area contributed by atoms with E-state index >= 15 is 0 Å². The molecule has 3 N–H and O–H groups in total. The van der Waals surface area contributed by atoms with Crippen LogP contribution in [-0.4, -0.2) is 24.1 Å². The van der Waals surface area contributed by atoms with Crippen LogP contribution in [0.1, 0.15) is 5.69 Å². The largest absolute Gasteiger partial charge is 0.351 e. The molecule has 0 saturated carbocycles. The second-order valence-corrected chi connectivity index (χ2v) is 3.91. The Labute approximate surface area is 64.7 Å². The molecule has 1 rings (SSSR count). The summed E-state index contributed by atoms with van der Waals surface area (Å²) in [6.07, 6.45) is 3.51. The minimum Gasteiger partial charge on any atom is -0.351 e. The van der Waals surface area contributed by atoms with E-state index in [1.54, 1.807) is 6.20 Å². The fourth-order valence-corrected chi connectivity index (χ4v) is 1.17. The summed E-state index contributed by atoms with van der Waals surface area (Å²) in [5.41, 5.74) is 0.707. The van der Waals surface area contributed by atoms with Gasteiger partial charge in [0.1, 0.15) is 0 Å². The zero-order valence-electron chi connectivity index (χ0n) is 5.82. The molecular formula is C5H9N3O2S. The summed E-state index contributed by atoms with van der Waals surface area (Å²) in [7, 11) is -3.35. The van der Waals surface area contributed by atoms with Crippen LogP contribution in [0.5, 0.6) is 0 Å². The Morgan fingerprint density at radius 3 is 2.82 bits per heavy atom. The molecule has 0 bridgehead atoms. The fourth-order valence-electron chi connectivity index (χ4n) is 0.674. The van der Waals surface area contributed by atoms with Gasteiger partial charge in [-0.3, -0.25) is 0 Å². The van der Waals surface area contributed by atoms with Crippen molar-refractivity contribution in [3.05, 3.63) is 18.2 Å². The number of aryl methyl sites for hydroxylation is 1. The van der Waals surface area contributed by atoms with Gasteiger partial charge in [-0.25, -0.2) is 18.5 Å². The minimum atomic E-state index is -3.35. The van der Waals surface area contributed by atoms with Crippen LogP contribution in [0, 0.1) is 0 Å². The number of primary sulfonamides is 1. The Hall–Kier alpha value is -0.880. The number of sulfonamides is 1. The first-order chi connectivity index (χ1) is 5.08. The maximum absolute atomic E-state index is 10.5. The summed E-state index contributed by atoms with van der Waals surface area (Å²) in [5, 5.41) is 4.79. The highest BCUT2D eigenvalue weighted by Gasteiger charge is 2.03. The number of imidazole rings is 1. The molecule has 6 heteroatoms. The summed E-state index contributed by atoms with van der Waals surface area (Å²) >= 11 is 0. The van der Waals surface area contributed by atoms with Crippen molar-refractivity contribution >= 4 is 10.0 Å². The lowest BCUT2D eigenvalue weighted by Crippen LogP contribution is -2.17. The van der Waals surface area contributed by atoms with E-state index in [-0.39, 0.29) is 5.75 Å². The van der Waals surface area contributed by atoms with Gasteiger partial charge in [-0.1, -0.05) is 0 Å². The number of nitrogens with two attached hydrogens (primary N) is 1. The van der Waals surface area contributed by atoms with Crippen molar-refractivity contribution in [1.82, 2.24) is 9.97 Å². The van der Waals surface area contributed by atoms with E-state index in [1.165, 1.54) is 6.33 Å². The summed E-state index contributed by atoms with van der Waals surface area (Å²) in [6, 6.07) is 0. The maximum Gasteiger partial charge on any atom is 0.209 e. The SMILES string of the molecule is NS(=O)(=O)CCc1c[nH]cn1. The van der Waals surface area contributed by atoms with Gasteiger partial charge in [-0.15, -0.1) is 0 Å². The minimum absolute atomic E-state index is 0.0577. The number of hydrogen-bond acceptors (Lipinski definition) is 3. The summed E-state index contributed by atoms with van der Waals surface area (Å²) in [6.45, 7) is 0. The lowest BCUT2D eigenvalue weighted by molar-refractivity contribution is 0.596. The van der Waals surface area contributed by atoms with Crippen LogP contribution in [0.2, 0.25) is 0 Å². The molecule has 0 fully saturated rings. The highest BCUT2D eigenvalue weighted by atomic mass is 32.2. The van der Waals surface area contributed by atoms with Crippen LogP contribution >= 0.6 is 0 Å². The van der Waals surface area contributed by atoms with E-state index in [4.69, 9.17) is 5.14 Å². The molecule has 0 aliphatic carbocycles. The Morgan fingerprint density at radius 1 is 1.64 bits per heavy atom. The quantitative estimate of drug-likeness (QED) is 0.632. The number of nitrogens with one attached hydrogen (secondary N) is 1. The van der Waals surface area contributed by atoms with E-state index in [0.717, 1.165) is 0 Å². The van der Waals surface area contributed by atoms with Gasteiger partial charge in [0.2, 0.25) is 10.0 Å². The van der Waals surface area contributed by atoms with Gasteiger partial charge < -0.3 is 4.98 Å². The lowest BCUT2D eigenvalue weighted by atomic mass is 10.4. The van der Waals surface area contributed by atoms with Crippen molar-refractivity contribution in [3.63, 3.8) is 0 Å². The number of H-pyrrole nitrogens is 1. The Kier molecular flexibility index (Phi) is 2.25. The number of aromatic nitrogens is 2. The van der Waals surface area contributed by atoms with Crippen LogP contribution < -0.4 is 5.14 Å². The molecule has 1 aromatic rings. The molecule has 0 atom stereocenters. The molecule has 11 heavy (non-hydrogen) atoms. The normalized spacial score (nSPS) is 11.7. The molecule has 0 spiro atoms. The van der Waals surface area contributed by atoms with Gasteiger partial charge >= 0.3 is 0 Å². The van der Waals surface area contributed by atoms with Gasteiger partial charge in [0.15, 0.2) is 0 Å². The van der Waals surface area contributed by atoms with Gasteiger partial charge in [0.05, 0.1) is 17.8 Å². The predicted octanol–water partition coefficient (Wildman–Crippen LogP) is -0.759. The molecule has 1 aromatic heterocycles. The highest BCUT2D eigenvalue weighted by Crippen LogP contribution is 1.93. The van der Waals surface area contributed by atoms with E-state index in [0.29, 0.717) is 12.1 Å².